The molecule has 0 aliphatic rings. The average molecular weight is 223 g/mol. The Kier molecular flexibility index (Phi) is 2.13. The molecule has 4 nitrogen and oxygen atoms in total. The monoisotopic (exact) mass is 223 g/mol. The minimum Gasteiger partial charge on any atom is -0.744 e. The lowest BCUT2D eigenvalue weighted by atomic mass is 10.1. The lowest BCUT2D eigenvalue weighted by Crippen LogP contribution is -1.98. The van der Waals surface area contributed by atoms with Crippen molar-refractivity contribution in [2.24, 2.45) is 0 Å². The number of aromatic hydroxyl groups is 1. The van der Waals surface area contributed by atoms with E-state index in [1.807, 2.05) is 0 Å². The predicted octanol–water partition coefficient (Wildman–Crippen LogP) is 1.45. The first kappa shape index (κ1) is 9.95. The number of phenolic OH excluding ortho intramolecular Hbond substituents is 1. The molecule has 0 aliphatic heterocycles. The van der Waals surface area contributed by atoms with Gasteiger partial charge in [0.1, 0.15) is 15.9 Å². The summed E-state index contributed by atoms with van der Waals surface area (Å²) < 4.78 is 32.3. The smallest absolute Gasteiger partial charge is 0.140 e. The van der Waals surface area contributed by atoms with Gasteiger partial charge < -0.3 is 9.66 Å². The first-order valence-electron chi connectivity index (χ1n) is 4.17. The van der Waals surface area contributed by atoms with Crippen LogP contribution >= 0.6 is 0 Å². The lowest BCUT2D eigenvalue weighted by Gasteiger charge is -2.10. The van der Waals surface area contributed by atoms with Crippen molar-refractivity contribution in [3.63, 3.8) is 0 Å². The molecule has 1 N–H and O–H groups in total. The maximum Gasteiger partial charge on any atom is 0.140 e. The fraction of sp³-hybridized carbons (Fsp3) is 0. The zero-order chi connectivity index (χ0) is 11.1. The highest BCUT2D eigenvalue weighted by Gasteiger charge is 2.10. The van der Waals surface area contributed by atoms with Crippen molar-refractivity contribution in [3.05, 3.63) is 36.4 Å². The second kappa shape index (κ2) is 3.22. The summed E-state index contributed by atoms with van der Waals surface area (Å²) in [4.78, 5) is -0.582. The van der Waals surface area contributed by atoms with Gasteiger partial charge in [-0.15, -0.1) is 0 Å². The van der Waals surface area contributed by atoms with Crippen LogP contribution in [-0.2, 0) is 10.1 Å². The van der Waals surface area contributed by atoms with Gasteiger partial charge >= 0.3 is 0 Å². The van der Waals surface area contributed by atoms with E-state index in [0.717, 1.165) is 6.07 Å². The Morgan fingerprint density at radius 2 is 1.73 bits per heavy atom. The van der Waals surface area contributed by atoms with E-state index < -0.39 is 20.8 Å². The van der Waals surface area contributed by atoms with Crippen molar-refractivity contribution >= 4 is 20.9 Å². The van der Waals surface area contributed by atoms with E-state index in [1.54, 1.807) is 24.3 Å². The third-order valence-electron chi connectivity index (χ3n) is 2.13. The number of benzene rings is 2. The summed E-state index contributed by atoms with van der Waals surface area (Å²) in [5.74, 6) is -0.483. The van der Waals surface area contributed by atoms with E-state index in [4.69, 9.17) is 0 Å². The Bertz CT molecular complexity index is 616. The van der Waals surface area contributed by atoms with Gasteiger partial charge in [-0.3, -0.25) is 0 Å². The number of hydrogen-bond donors (Lipinski definition) is 1. The van der Waals surface area contributed by atoms with Crippen molar-refractivity contribution in [1.29, 1.82) is 0 Å². The van der Waals surface area contributed by atoms with Gasteiger partial charge in [0.15, 0.2) is 0 Å². The molecule has 2 rings (SSSR count). The molecule has 0 amide bonds. The molecule has 78 valence electrons. The Hall–Kier alpha value is -1.59. The minimum atomic E-state index is -4.62. The van der Waals surface area contributed by atoms with Crippen LogP contribution in [0, 0.1) is 0 Å². The Morgan fingerprint density at radius 1 is 1.07 bits per heavy atom. The summed E-state index contributed by atoms with van der Waals surface area (Å²) in [7, 11) is -4.62. The fourth-order valence-corrected chi connectivity index (χ4v) is 2.02. The molecule has 0 aliphatic carbocycles. The zero-order valence-electron chi connectivity index (χ0n) is 7.54. The Labute approximate surface area is 86.5 Å². The van der Waals surface area contributed by atoms with Gasteiger partial charge in [-0.05, 0) is 11.5 Å². The van der Waals surface area contributed by atoms with Crippen LogP contribution in [0.15, 0.2) is 41.3 Å². The minimum absolute atomic E-state index is 0.356. The molecule has 0 fully saturated rings. The van der Waals surface area contributed by atoms with Crippen molar-refractivity contribution in [1.82, 2.24) is 0 Å². The topological polar surface area (TPSA) is 77.4 Å². The van der Waals surface area contributed by atoms with Gasteiger partial charge in [0.2, 0.25) is 0 Å². The van der Waals surface area contributed by atoms with Gasteiger partial charge in [-0.1, -0.05) is 30.3 Å². The lowest BCUT2D eigenvalue weighted by molar-refractivity contribution is 0.439. The molecule has 0 aromatic heterocycles. The van der Waals surface area contributed by atoms with Crippen LogP contribution in [0.2, 0.25) is 0 Å². The number of phenols is 1. The zero-order valence-corrected chi connectivity index (χ0v) is 8.36. The molecule has 0 saturated heterocycles. The summed E-state index contributed by atoms with van der Waals surface area (Å²) in [6.07, 6.45) is 0. The number of rotatable bonds is 1. The second-order valence-corrected chi connectivity index (χ2v) is 4.44. The molecular weight excluding hydrogens is 216 g/mol. The summed E-state index contributed by atoms with van der Waals surface area (Å²) in [5, 5.41) is 10.6. The first-order chi connectivity index (χ1) is 7.00. The van der Waals surface area contributed by atoms with Crippen LogP contribution in [0.3, 0.4) is 0 Å². The van der Waals surface area contributed by atoms with Crippen LogP contribution in [0.1, 0.15) is 0 Å². The molecule has 0 radical (unpaired) electrons. The molecule has 15 heavy (non-hydrogen) atoms. The first-order valence-corrected chi connectivity index (χ1v) is 5.57. The highest BCUT2D eigenvalue weighted by atomic mass is 32.2. The van der Waals surface area contributed by atoms with Gasteiger partial charge in [-0.25, -0.2) is 8.42 Å². The van der Waals surface area contributed by atoms with Gasteiger partial charge in [-0.2, -0.15) is 0 Å². The van der Waals surface area contributed by atoms with Crippen molar-refractivity contribution in [2.45, 2.75) is 4.90 Å². The van der Waals surface area contributed by atoms with Crippen LogP contribution in [-0.4, -0.2) is 18.1 Å². The molecule has 2 aromatic carbocycles. The van der Waals surface area contributed by atoms with Crippen molar-refractivity contribution < 1.29 is 18.1 Å². The van der Waals surface area contributed by atoms with E-state index in [9.17, 15) is 18.1 Å². The average Bonchev–Trinajstić information content (AvgIpc) is 2.16. The number of hydrogen-bond acceptors (Lipinski definition) is 4. The van der Waals surface area contributed by atoms with E-state index in [2.05, 4.69) is 0 Å². The van der Waals surface area contributed by atoms with Gasteiger partial charge in [0.05, 0.1) is 4.90 Å². The normalized spacial score (nSPS) is 11.8. The Balaban J connectivity index is 2.88. The molecule has 0 unspecified atom stereocenters. The van der Waals surface area contributed by atoms with E-state index in [-0.39, 0.29) is 0 Å². The number of fused-ring (bicyclic) bond motifs is 1. The molecular formula is C10H7O4S-. The standard InChI is InChI=1S/C10H8O4S/c11-10-8-4-2-1-3-7(8)5-6-9(10)15(12,13)14/h1-6,11H,(H,12,13,14)/p-1. The SMILES string of the molecule is O=S(=O)([O-])c1ccc2ccccc2c1O. The third-order valence-corrected chi connectivity index (χ3v) is 3.00. The van der Waals surface area contributed by atoms with E-state index >= 15 is 0 Å². The molecule has 0 bridgehead atoms. The molecule has 2 aromatic rings. The van der Waals surface area contributed by atoms with Crippen LogP contribution in [0.4, 0.5) is 0 Å². The van der Waals surface area contributed by atoms with Crippen LogP contribution in [0.25, 0.3) is 10.8 Å². The van der Waals surface area contributed by atoms with Crippen LogP contribution in [0.5, 0.6) is 5.75 Å². The van der Waals surface area contributed by atoms with E-state index in [0.29, 0.717) is 10.8 Å². The quantitative estimate of drug-likeness (QED) is 0.742. The molecule has 0 saturated carbocycles. The van der Waals surface area contributed by atoms with Crippen LogP contribution < -0.4 is 0 Å². The highest BCUT2D eigenvalue weighted by molar-refractivity contribution is 7.85. The summed E-state index contributed by atoms with van der Waals surface area (Å²) in [5.41, 5.74) is 0. The molecule has 0 heterocycles. The van der Waals surface area contributed by atoms with Crippen molar-refractivity contribution in [3.8, 4) is 5.75 Å². The summed E-state index contributed by atoms with van der Waals surface area (Å²) >= 11 is 0. The predicted molar refractivity (Wildman–Crippen MR) is 53.6 cm³/mol. The van der Waals surface area contributed by atoms with Crippen molar-refractivity contribution in [2.75, 3.05) is 0 Å². The Morgan fingerprint density at radius 3 is 2.40 bits per heavy atom. The molecule has 5 heteroatoms. The van der Waals surface area contributed by atoms with Gasteiger partial charge in [0.25, 0.3) is 0 Å². The third kappa shape index (κ3) is 1.67. The summed E-state index contributed by atoms with van der Waals surface area (Å²) in [6.45, 7) is 0. The largest absolute Gasteiger partial charge is 0.744 e. The maximum atomic E-state index is 10.8. The molecule has 0 atom stereocenters. The maximum absolute atomic E-state index is 10.8. The highest BCUT2D eigenvalue weighted by Crippen LogP contribution is 2.31. The van der Waals surface area contributed by atoms with E-state index in [1.165, 1.54) is 6.07 Å². The summed E-state index contributed by atoms with van der Waals surface area (Å²) in [6, 6.07) is 9.28. The molecule has 0 spiro atoms. The fourth-order valence-electron chi connectivity index (χ4n) is 1.44. The second-order valence-electron chi connectivity index (χ2n) is 3.09. The van der Waals surface area contributed by atoms with Gasteiger partial charge in [0, 0.05) is 5.39 Å².